The Labute approximate surface area is 239 Å². The average molecular weight is 545 g/mol. The van der Waals surface area contributed by atoms with Gasteiger partial charge in [0.05, 0.1) is 0 Å². The molecule has 0 aliphatic heterocycles. The molecular formula is C34H46NSiTi. The quantitative estimate of drug-likeness (QED) is 0.339. The first-order valence-electron chi connectivity index (χ1n) is 14.8. The van der Waals surface area contributed by atoms with Crippen LogP contribution in [-0.4, -0.2) is 17.3 Å². The number of hydrogen-bond donors (Lipinski definition) is 0. The van der Waals surface area contributed by atoms with Gasteiger partial charge in [0.15, 0.2) is 0 Å². The predicted octanol–water partition coefficient (Wildman–Crippen LogP) is 9.26. The molecule has 0 amide bonds. The molecule has 7 rings (SSSR count). The predicted molar refractivity (Wildman–Crippen MR) is 156 cm³/mol. The van der Waals surface area contributed by atoms with Crippen molar-refractivity contribution in [1.82, 2.24) is 3.05 Å². The second kappa shape index (κ2) is 9.05. The molecule has 2 unspecified atom stereocenters. The Bertz CT molecular complexity index is 1180. The summed E-state index contributed by atoms with van der Waals surface area (Å²) in [4.78, 5) is 0. The van der Waals surface area contributed by atoms with E-state index in [1.807, 2.05) is 0 Å². The van der Waals surface area contributed by atoms with Crippen LogP contribution >= 0.6 is 0 Å². The summed E-state index contributed by atoms with van der Waals surface area (Å²) in [5.41, 5.74) is 10.1. The second-order valence-electron chi connectivity index (χ2n) is 14.9. The van der Waals surface area contributed by atoms with Gasteiger partial charge in [-0.2, -0.15) is 0 Å². The standard InChI is InChI=1S/C34H46NSi.Ti/c1-22-15-31-29(27-11-13-28(14-12-27)33(3,4)5)9-8-10-30(31)32(22)36(6,7)35-23(2)34-19-24-16-25(20-34)18-26(17-24)21-34;/h8-15,23-26,32H,16-21H2,1-7H3;/q-1;+1. The van der Waals surface area contributed by atoms with E-state index >= 15 is 0 Å². The normalized spacial score (nSPS) is 31.5. The van der Waals surface area contributed by atoms with Crippen molar-refractivity contribution < 1.29 is 20.7 Å². The Morgan fingerprint density at radius 2 is 1.49 bits per heavy atom. The summed E-state index contributed by atoms with van der Waals surface area (Å²) in [6, 6.07) is 17.1. The summed E-state index contributed by atoms with van der Waals surface area (Å²) in [7, 11) is -1.80. The first kappa shape index (κ1) is 26.3. The number of nitrogens with zero attached hydrogens (tertiary/aromatic N) is 1. The van der Waals surface area contributed by atoms with Crippen LogP contribution in [0.3, 0.4) is 0 Å². The van der Waals surface area contributed by atoms with E-state index in [9.17, 15) is 0 Å². The van der Waals surface area contributed by atoms with E-state index in [4.69, 9.17) is 0 Å². The van der Waals surface area contributed by atoms with Crippen molar-refractivity contribution in [3.63, 3.8) is 0 Å². The summed E-state index contributed by atoms with van der Waals surface area (Å²) in [5.74, 6) is 3.06. The van der Waals surface area contributed by atoms with Crippen molar-refractivity contribution in [2.45, 2.75) is 103 Å². The van der Waals surface area contributed by atoms with Crippen LogP contribution in [0.25, 0.3) is 17.2 Å². The van der Waals surface area contributed by atoms with Crippen molar-refractivity contribution in [1.29, 1.82) is 0 Å². The molecule has 4 fully saturated rings. The monoisotopic (exact) mass is 544 g/mol. The molecule has 0 spiro atoms. The summed E-state index contributed by atoms with van der Waals surface area (Å²) < 4.78 is 2.95. The molecule has 2 aromatic rings. The molecule has 0 radical (unpaired) electrons. The molecule has 37 heavy (non-hydrogen) atoms. The molecule has 0 heterocycles. The maximum absolute atomic E-state index is 2.95. The minimum atomic E-state index is -1.80. The third kappa shape index (κ3) is 4.33. The topological polar surface area (TPSA) is 3.24 Å². The third-order valence-corrected chi connectivity index (χ3v) is 18.1. The minimum absolute atomic E-state index is 0.187. The Morgan fingerprint density at radius 3 is 2.03 bits per heavy atom. The van der Waals surface area contributed by atoms with Gasteiger partial charge >= 0.3 is 240 Å². The van der Waals surface area contributed by atoms with Crippen LogP contribution < -0.4 is 0 Å². The molecule has 3 heteroatoms. The zero-order valence-corrected chi connectivity index (χ0v) is 26.8. The fourth-order valence-corrected chi connectivity index (χ4v) is 14.3. The van der Waals surface area contributed by atoms with E-state index in [2.05, 4.69) is 120 Å². The average Bonchev–Trinajstić information content (AvgIpc) is 3.18. The van der Waals surface area contributed by atoms with Crippen molar-refractivity contribution in [3.8, 4) is 11.1 Å². The van der Waals surface area contributed by atoms with Gasteiger partial charge in [-0.05, 0) is 0 Å². The number of hydrogen-bond acceptors (Lipinski definition) is 1. The van der Waals surface area contributed by atoms with Crippen LogP contribution in [0.1, 0.15) is 95.4 Å². The Balaban J connectivity index is 1.31. The SMILES string of the molecule is CC1=Cc2c(-c3ccc(C(C)(C)C)cc3)cccc2C1[Si](C)(C)[N]([Ti])C(C)C12CC3CC(CC(C3)C1)C2. The molecule has 0 N–H and O–H groups in total. The fourth-order valence-electron chi connectivity index (χ4n) is 9.49. The Morgan fingerprint density at radius 1 is 0.919 bits per heavy atom. The van der Waals surface area contributed by atoms with Crippen LogP contribution in [-0.2, 0) is 26.1 Å². The van der Waals surface area contributed by atoms with E-state index in [0.717, 1.165) is 17.8 Å². The maximum atomic E-state index is 2.95. The first-order chi connectivity index (χ1) is 17.4. The number of rotatable bonds is 5. The van der Waals surface area contributed by atoms with E-state index in [1.54, 1.807) is 11.1 Å². The molecule has 5 aliphatic carbocycles. The molecule has 2 atom stereocenters. The van der Waals surface area contributed by atoms with Gasteiger partial charge in [-0.1, -0.05) is 0 Å². The third-order valence-electron chi connectivity index (χ3n) is 11.0. The van der Waals surface area contributed by atoms with Gasteiger partial charge in [0, 0.05) is 0 Å². The molecule has 5 aliphatic rings. The Kier molecular flexibility index (Phi) is 6.43. The Hall–Kier alpha value is -0.929. The second-order valence-corrected chi connectivity index (χ2v) is 20.8. The molecule has 0 aromatic heterocycles. The van der Waals surface area contributed by atoms with Crippen molar-refractivity contribution >= 4 is 14.3 Å². The van der Waals surface area contributed by atoms with Crippen molar-refractivity contribution in [2.75, 3.05) is 0 Å². The van der Waals surface area contributed by atoms with Crippen LogP contribution in [0.4, 0.5) is 0 Å². The molecular weight excluding hydrogens is 498 g/mol. The van der Waals surface area contributed by atoms with Gasteiger partial charge in [0.2, 0.25) is 0 Å². The van der Waals surface area contributed by atoms with Gasteiger partial charge in [-0.25, -0.2) is 0 Å². The van der Waals surface area contributed by atoms with Crippen LogP contribution in [0.15, 0.2) is 48.0 Å². The molecule has 1 nitrogen and oxygen atoms in total. The van der Waals surface area contributed by atoms with Crippen molar-refractivity contribution in [3.05, 3.63) is 64.7 Å². The molecule has 195 valence electrons. The number of benzene rings is 2. The van der Waals surface area contributed by atoms with E-state index < -0.39 is 8.24 Å². The molecule has 2 aromatic carbocycles. The van der Waals surface area contributed by atoms with Crippen LogP contribution in [0.5, 0.6) is 0 Å². The van der Waals surface area contributed by atoms with Gasteiger partial charge in [0.25, 0.3) is 0 Å². The summed E-state index contributed by atoms with van der Waals surface area (Å²) in [5, 5.41) is 0. The fraction of sp³-hybridized carbons (Fsp3) is 0.588. The molecule has 4 bridgehead atoms. The van der Waals surface area contributed by atoms with Gasteiger partial charge in [-0.3, -0.25) is 0 Å². The van der Waals surface area contributed by atoms with E-state index in [-0.39, 0.29) is 5.41 Å². The van der Waals surface area contributed by atoms with Gasteiger partial charge < -0.3 is 0 Å². The summed E-state index contributed by atoms with van der Waals surface area (Å²) in [6.07, 6.45) is 11.6. The number of fused-ring (bicyclic) bond motifs is 1. The summed E-state index contributed by atoms with van der Waals surface area (Å²) >= 11 is 2.51. The van der Waals surface area contributed by atoms with E-state index in [1.165, 1.54) is 60.8 Å². The van der Waals surface area contributed by atoms with Gasteiger partial charge in [0.1, 0.15) is 0 Å². The molecule has 4 saturated carbocycles. The van der Waals surface area contributed by atoms with Gasteiger partial charge in [-0.15, -0.1) is 0 Å². The zero-order valence-electron chi connectivity index (χ0n) is 24.2. The summed E-state index contributed by atoms with van der Waals surface area (Å²) in [6.45, 7) is 17.2. The van der Waals surface area contributed by atoms with Crippen molar-refractivity contribution in [2.24, 2.45) is 23.2 Å². The molecule has 0 saturated heterocycles. The zero-order chi connectivity index (χ0) is 26.3. The van der Waals surface area contributed by atoms with Crippen LogP contribution in [0.2, 0.25) is 13.1 Å². The first-order valence-corrected chi connectivity index (χ1v) is 18.5. The van der Waals surface area contributed by atoms with Crippen LogP contribution in [0, 0.1) is 23.2 Å². The van der Waals surface area contributed by atoms with E-state index in [0.29, 0.717) is 17.0 Å². The number of allylic oxidation sites excluding steroid dienone is 1.